The van der Waals surface area contributed by atoms with Crippen LogP contribution in [0.2, 0.25) is 0 Å². The van der Waals surface area contributed by atoms with Gasteiger partial charge >= 0.3 is 6.09 Å². The number of aromatic nitrogens is 2. The number of carbonyl (C=O) groups excluding carboxylic acids is 1. The molecule has 0 radical (unpaired) electrons. The summed E-state index contributed by atoms with van der Waals surface area (Å²) >= 11 is 3.63. The first-order chi connectivity index (χ1) is 12.7. The average Bonchev–Trinajstić information content (AvgIpc) is 2.89. The Balaban J connectivity index is 1.75. The monoisotopic (exact) mass is 434 g/mol. The van der Waals surface area contributed by atoms with E-state index in [1.54, 1.807) is 4.68 Å². The molecule has 1 aliphatic rings. The topological polar surface area (TPSA) is 50.6 Å². The van der Waals surface area contributed by atoms with E-state index >= 15 is 0 Å². The Morgan fingerprint density at radius 1 is 1.33 bits per heavy atom. The van der Waals surface area contributed by atoms with E-state index in [1.165, 1.54) is 5.56 Å². The van der Waals surface area contributed by atoms with Gasteiger partial charge in [0.1, 0.15) is 10.2 Å². The van der Waals surface area contributed by atoms with Gasteiger partial charge in [-0.25, -0.2) is 4.79 Å². The summed E-state index contributed by atoms with van der Waals surface area (Å²) in [7, 11) is 1.91. The molecule has 0 unspecified atom stereocenters. The van der Waals surface area contributed by atoms with E-state index in [4.69, 9.17) is 4.74 Å². The Labute approximate surface area is 169 Å². The number of carbonyl (C=O) groups is 1. The molecule has 3 rings (SSSR count). The zero-order chi connectivity index (χ0) is 19.6. The first-order valence-electron chi connectivity index (χ1n) is 9.20. The second-order valence-electron chi connectivity index (χ2n) is 7.93. The van der Waals surface area contributed by atoms with Gasteiger partial charge in [0.05, 0.1) is 17.9 Å². The van der Waals surface area contributed by atoms with Gasteiger partial charge in [0, 0.05) is 26.7 Å². The third-order valence-electron chi connectivity index (χ3n) is 4.61. The highest BCUT2D eigenvalue weighted by atomic mass is 79.9. The molecular formula is C20H27BrN4O2. The van der Waals surface area contributed by atoms with Crippen molar-refractivity contribution in [3.8, 4) is 0 Å². The van der Waals surface area contributed by atoms with Crippen molar-refractivity contribution < 1.29 is 9.53 Å². The minimum atomic E-state index is -0.479. The fourth-order valence-electron chi connectivity index (χ4n) is 3.12. The Morgan fingerprint density at radius 3 is 2.56 bits per heavy atom. The zero-order valence-corrected chi connectivity index (χ0v) is 17.9. The van der Waals surface area contributed by atoms with Crippen molar-refractivity contribution in [1.82, 2.24) is 14.7 Å². The second-order valence-corrected chi connectivity index (χ2v) is 8.68. The molecule has 0 saturated carbocycles. The van der Waals surface area contributed by atoms with Crippen LogP contribution in [0.3, 0.4) is 0 Å². The van der Waals surface area contributed by atoms with Crippen molar-refractivity contribution in [2.24, 2.45) is 7.05 Å². The van der Waals surface area contributed by atoms with Gasteiger partial charge in [-0.1, -0.05) is 30.3 Å². The summed E-state index contributed by atoms with van der Waals surface area (Å²) in [5.74, 6) is 0. The summed E-state index contributed by atoms with van der Waals surface area (Å²) in [6.45, 7) is 7.92. The Morgan fingerprint density at radius 2 is 2.04 bits per heavy atom. The molecule has 1 amide bonds. The first kappa shape index (κ1) is 19.7. The number of amides is 1. The molecule has 27 heavy (non-hydrogen) atoms. The lowest BCUT2D eigenvalue weighted by Crippen LogP contribution is -2.57. The predicted molar refractivity (Wildman–Crippen MR) is 110 cm³/mol. The highest BCUT2D eigenvalue weighted by Crippen LogP contribution is 2.30. The summed E-state index contributed by atoms with van der Waals surface area (Å²) in [5, 5.41) is 4.36. The van der Waals surface area contributed by atoms with Gasteiger partial charge in [0.15, 0.2) is 0 Å². The summed E-state index contributed by atoms with van der Waals surface area (Å²) in [6.07, 6.45) is 2.61. The minimum Gasteiger partial charge on any atom is -0.444 e. The number of nitrogens with zero attached hydrogens (tertiary/aromatic N) is 4. The van der Waals surface area contributed by atoms with Gasteiger partial charge in [-0.2, -0.15) is 5.10 Å². The summed E-state index contributed by atoms with van der Waals surface area (Å²) in [6, 6.07) is 10.5. The lowest BCUT2D eigenvalue weighted by molar-refractivity contribution is -0.00379. The lowest BCUT2D eigenvalue weighted by Gasteiger charge is -2.43. The van der Waals surface area contributed by atoms with Gasteiger partial charge < -0.3 is 14.5 Å². The Kier molecular flexibility index (Phi) is 5.79. The van der Waals surface area contributed by atoms with Crippen LogP contribution in [0.15, 0.2) is 41.1 Å². The maximum Gasteiger partial charge on any atom is 0.410 e. The van der Waals surface area contributed by atoms with Crippen molar-refractivity contribution >= 4 is 27.7 Å². The van der Waals surface area contributed by atoms with Gasteiger partial charge in [-0.05, 0) is 48.7 Å². The molecule has 2 aromatic rings. The fourth-order valence-corrected chi connectivity index (χ4v) is 3.57. The summed E-state index contributed by atoms with van der Waals surface area (Å²) < 4.78 is 8.29. The van der Waals surface area contributed by atoms with Crippen molar-refractivity contribution in [3.63, 3.8) is 0 Å². The second kappa shape index (κ2) is 7.92. The molecule has 6 nitrogen and oxygen atoms in total. The number of halogens is 1. The molecule has 0 aliphatic carbocycles. The molecule has 1 aromatic carbocycles. The summed E-state index contributed by atoms with van der Waals surface area (Å²) in [5.41, 5.74) is 1.77. The third kappa shape index (κ3) is 4.83. The van der Waals surface area contributed by atoms with E-state index < -0.39 is 5.60 Å². The Hall–Kier alpha value is -2.02. The number of rotatable bonds is 5. The highest BCUT2D eigenvalue weighted by molar-refractivity contribution is 9.10. The maximum atomic E-state index is 12.5. The molecule has 0 N–H and O–H groups in total. The molecule has 0 bridgehead atoms. The molecule has 146 valence electrons. The van der Waals surface area contributed by atoms with Crippen LogP contribution in [0.4, 0.5) is 10.5 Å². The van der Waals surface area contributed by atoms with Crippen molar-refractivity contribution in [3.05, 3.63) is 46.7 Å². The van der Waals surface area contributed by atoms with Gasteiger partial charge in [0.25, 0.3) is 0 Å². The van der Waals surface area contributed by atoms with E-state index in [1.807, 2.05) is 57.1 Å². The van der Waals surface area contributed by atoms with Gasteiger partial charge in [0.2, 0.25) is 0 Å². The van der Waals surface area contributed by atoms with E-state index in [9.17, 15) is 4.79 Å². The first-order valence-corrected chi connectivity index (χ1v) is 10.00. The number of ether oxygens (including phenoxy) is 1. The van der Waals surface area contributed by atoms with Crippen LogP contribution in [-0.2, 0) is 18.3 Å². The molecule has 1 aliphatic heterocycles. The maximum absolute atomic E-state index is 12.5. The minimum absolute atomic E-state index is 0.135. The van der Waals surface area contributed by atoms with Crippen LogP contribution in [0.5, 0.6) is 0 Å². The van der Waals surface area contributed by atoms with Crippen LogP contribution in [0, 0.1) is 0 Å². The zero-order valence-electron chi connectivity index (χ0n) is 16.4. The Bertz CT molecular complexity index is 785. The molecule has 1 saturated heterocycles. The molecule has 1 atom stereocenters. The van der Waals surface area contributed by atoms with E-state index in [2.05, 4.69) is 38.1 Å². The fraction of sp³-hybridized carbons (Fsp3) is 0.500. The molecule has 0 spiro atoms. The number of benzene rings is 1. The van der Waals surface area contributed by atoms with E-state index in [0.29, 0.717) is 0 Å². The third-order valence-corrected chi connectivity index (χ3v) is 5.53. The van der Waals surface area contributed by atoms with E-state index in [0.717, 1.165) is 36.3 Å². The molecule has 2 heterocycles. The number of hydrogen-bond donors (Lipinski definition) is 0. The number of hydrogen-bond acceptors (Lipinski definition) is 4. The SMILES string of the molecule is Cn1ncc(N(Cc2ccccc2)C[C@H]2CCN2C(=O)OC(C)(C)C)c1Br. The number of likely N-dealkylation sites (tertiary alicyclic amines) is 1. The van der Waals surface area contributed by atoms with Gasteiger partial charge in [-0.15, -0.1) is 0 Å². The average molecular weight is 435 g/mol. The molecule has 1 aromatic heterocycles. The quantitative estimate of drug-likeness (QED) is 0.707. The van der Waals surface area contributed by atoms with Gasteiger partial charge in [-0.3, -0.25) is 4.68 Å². The van der Waals surface area contributed by atoms with Crippen LogP contribution < -0.4 is 4.90 Å². The van der Waals surface area contributed by atoms with E-state index in [-0.39, 0.29) is 12.1 Å². The number of aryl methyl sites for hydroxylation is 1. The summed E-state index contributed by atoms with van der Waals surface area (Å²) in [4.78, 5) is 16.6. The molecule has 7 heteroatoms. The van der Waals surface area contributed by atoms with Crippen molar-refractivity contribution in [2.75, 3.05) is 18.0 Å². The standard InChI is InChI=1S/C20H27BrN4O2/c1-20(2,3)27-19(26)25-11-10-16(25)14-24(13-15-8-6-5-7-9-15)17-12-22-23(4)18(17)21/h5-9,12,16H,10-11,13-14H2,1-4H3/t16-/m1/s1. The molecular weight excluding hydrogens is 408 g/mol. The molecule has 1 fully saturated rings. The van der Waals surface area contributed by atoms with Crippen LogP contribution in [-0.4, -0.2) is 45.5 Å². The van der Waals surface area contributed by atoms with Crippen LogP contribution >= 0.6 is 15.9 Å². The smallest absolute Gasteiger partial charge is 0.410 e. The predicted octanol–water partition coefficient (Wildman–Crippen LogP) is 4.20. The highest BCUT2D eigenvalue weighted by Gasteiger charge is 2.36. The normalized spacial score (nSPS) is 16.8. The van der Waals surface area contributed by atoms with Crippen LogP contribution in [0.25, 0.3) is 0 Å². The van der Waals surface area contributed by atoms with Crippen molar-refractivity contribution in [1.29, 1.82) is 0 Å². The number of anilines is 1. The largest absolute Gasteiger partial charge is 0.444 e. The lowest BCUT2D eigenvalue weighted by atomic mass is 10.0. The van der Waals surface area contributed by atoms with Crippen LogP contribution in [0.1, 0.15) is 32.8 Å². The van der Waals surface area contributed by atoms with Crippen molar-refractivity contribution in [2.45, 2.75) is 45.4 Å².